The molecule has 1 atom stereocenters. The van der Waals surface area contributed by atoms with Gasteiger partial charge in [0.2, 0.25) is 0 Å². The molecule has 3 aromatic rings. The number of thioether (sulfide) groups is 1. The predicted molar refractivity (Wildman–Crippen MR) is 147 cm³/mol. The molecule has 4 rings (SSSR count). The molecular weight excluding hydrogens is 590 g/mol. The molecule has 2 N–H and O–H groups in total. The third-order valence-electron chi connectivity index (χ3n) is 5.04. The second-order valence-corrected chi connectivity index (χ2v) is 10.5. The van der Waals surface area contributed by atoms with Crippen molar-refractivity contribution in [1.82, 2.24) is 5.32 Å². The molecule has 1 saturated heterocycles. The third kappa shape index (κ3) is 6.38. The molecule has 1 heterocycles. The zero-order valence-electron chi connectivity index (χ0n) is 17.7. The minimum atomic E-state index is -0.206. The van der Waals surface area contributed by atoms with Crippen LogP contribution in [0.15, 0.2) is 65.6 Å². The third-order valence-corrected chi connectivity index (χ3v) is 7.50. The normalized spacial score (nSPS) is 16.7. The second-order valence-electron chi connectivity index (χ2n) is 7.39. The molecule has 0 unspecified atom stereocenters. The van der Waals surface area contributed by atoms with Crippen LogP contribution in [0.1, 0.15) is 23.6 Å². The van der Waals surface area contributed by atoms with Gasteiger partial charge in [-0.25, -0.2) is 0 Å². The van der Waals surface area contributed by atoms with Gasteiger partial charge >= 0.3 is 0 Å². The van der Waals surface area contributed by atoms with E-state index in [0.29, 0.717) is 21.6 Å². The molecular formula is C25H21Cl2IN2O2S. The van der Waals surface area contributed by atoms with E-state index in [2.05, 4.69) is 52.3 Å². The highest BCUT2D eigenvalue weighted by Crippen LogP contribution is 2.32. The van der Waals surface area contributed by atoms with Crippen molar-refractivity contribution in [2.75, 3.05) is 5.32 Å². The largest absolute Gasteiger partial charge is 0.488 e. The summed E-state index contributed by atoms with van der Waals surface area (Å²) in [4.78, 5) is 13.1. The lowest BCUT2D eigenvalue weighted by Gasteiger charge is -2.13. The van der Waals surface area contributed by atoms with Crippen molar-refractivity contribution >= 4 is 75.2 Å². The molecule has 4 nitrogen and oxygen atoms in total. The molecule has 3 aromatic carbocycles. The van der Waals surface area contributed by atoms with Crippen LogP contribution < -0.4 is 15.4 Å². The Morgan fingerprint density at radius 1 is 1.12 bits per heavy atom. The molecule has 1 amide bonds. The minimum absolute atomic E-state index is 0.0876. The number of hydrogen-bond donors (Lipinski definition) is 2. The summed E-state index contributed by atoms with van der Waals surface area (Å²) >= 11 is 15.9. The number of benzene rings is 3. The Morgan fingerprint density at radius 3 is 2.61 bits per heavy atom. The molecule has 1 aliphatic heterocycles. The van der Waals surface area contributed by atoms with Gasteiger partial charge in [-0.1, -0.05) is 66.2 Å². The lowest BCUT2D eigenvalue weighted by molar-refractivity contribution is -0.116. The van der Waals surface area contributed by atoms with Gasteiger partial charge in [0.25, 0.3) is 5.91 Å². The molecule has 0 radical (unpaired) electrons. The number of rotatable bonds is 7. The zero-order chi connectivity index (χ0) is 23.4. The number of hydrogen-bond acceptors (Lipinski definition) is 4. The zero-order valence-corrected chi connectivity index (χ0v) is 22.2. The SMILES string of the molecule is CCc1ccc(N[C@@H]2NC(=O)/C(=C/c3ccc(OCc4ccc(Cl)cc4Cl)c(I)c3)S2)cc1. The van der Waals surface area contributed by atoms with Gasteiger partial charge in [0.15, 0.2) is 5.50 Å². The smallest absolute Gasteiger partial charge is 0.260 e. The van der Waals surface area contributed by atoms with Gasteiger partial charge in [0.1, 0.15) is 12.4 Å². The van der Waals surface area contributed by atoms with E-state index in [9.17, 15) is 4.79 Å². The average Bonchev–Trinajstić information content (AvgIpc) is 3.13. The summed E-state index contributed by atoms with van der Waals surface area (Å²) in [6.07, 6.45) is 2.89. The number of anilines is 1. The summed E-state index contributed by atoms with van der Waals surface area (Å²) in [6, 6.07) is 19.4. The first-order chi connectivity index (χ1) is 15.9. The molecule has 1 aliphatic rings. The highest BCUT2D eigenvalue weighted by molar-refractivity contribution is 14.1. The summed E-state index contributed by atoms with van der Waals surface area (Å²) in [5.41, 5.74) is 3.85. The standard InChI is InChI=1S/C25H21Cl2IN2O2S/c1-2-15-3-8-19(9-4-15)29-25-30-24(31)23(33-25)12-16-5-10-22(21(28)11-16)32-14-17-6-7-18(26)13-20(17)27/h3-13,25,29H,2,14H2,1H3,(H,30,31)/b23-12-/t25-/m1/s1. The average molecular weight is 611 g/mol. The van der Waals surface area contributed by atoms with Crippen LogP contribution >= 0.6 is 57.6 Å². The number of halogens is 3. The van der Waals surface area contributed by atoms with Crippen LogP contribution in [0.4, 0.5) is 5.69 Å². The Morgan fingerprint density at radius 2 is 1.91 bits per heavy atom. The maximum Gasteiger partial charge on any atom is 0.260 e. The lowest BCUT2D eigenvalue weighted by Crippen LogP contribution is -2.30. The Kier molecular flexibility index (Phi) is 8.11. The van der Waals surface area contributed by atoms with E-state index in [1.165, 1.54) is 17.3 Å². The van der Waals surface area contributed by atoms with E-state index in [4.69, 9.17) is 27.9 Å². The summed E-state index contributed by atoms with van der Waals surface area (Å²) in [5.74, 6) is 0.665. The van der Waals surface area contributed by atoms with Crippen molar-refractivity contribution in [2.45, 2.75) is 25.4 Å². The maximum atomic E-state index is 12.5. The first kappa shape index (κ1) is 24.3. The topological polar surface area (TPSA) is 50.4 Å². The van der Waals surface area contributed by atoms with Gasteiger partial charge in [0.05, 0.1) is 8.48 Å². The Hall–Kier alpha value is -1.87. The van der Waals surface area contributed by atoms with Gasteiger partial charge in [-0.3, -0.25) is 4.79 Å². The molecule has 8 heteroatoms. The Bertz CT molecular complexity index is 1200. The van der Waals surface area contributed by atoms with Gasteiger partial charge in [-0.15, -0.1) is 0 Å². The van der Waals surface area contributed by atoms with E-state index in [0.717, 1.165) is 32.6 Å². The summed E-state index contributed by atoms with van der Waals surface area (Å²) in [5, 5.41) is 7.49. The van der Waals surface area contributed by atoms with Crippen LogP contribution in [0.5, 0.6) is 5.75 Å². The number of ether oxygens (including phenoxy) is 1. The van der Waals surface area contributed by atoms with Crippen molar-refractivity contribution in [3.63, 3.8) is 0 Å². The van der Waals surface area contributed by atoms with Gasteiger partial charge < -0.3 is 15.4 Å². The molecule has 0 spiro atoms. The molecule has 170 valence electrons. The summed E-state index contributed by atoms with van der Waals surface area (Å²) in [7, 11) is 0. The van der Waals surface area contributed by atoms with Crippen LogP contribution in [0, 0.1) is 3.57 Å². The van der Waals surface area contributed by atoms with Crippen LogP contribution in [0.2, 0.25) is 10.0 Å². The van der Waals surface area contributed by atoms with Gasteiger partial charge in [0, 0.05) is 21.3 Å². The quantitative estimate of drug-likeness (QED) is 0.217. The molecule has 0 aromatic heterocycles. The molecule has 0 aliphatic carbocycles. The van der Waals surface area contributed by atoms with E-state index in [1.807, 2.05) is 42.5 Å². The minimum Gasteiger partial charge on any atom is -0.488 e. The van der Waals surface area contributed by atoms with Crippen molar-refractivity contribution in [3.8, 4) is 5.75 Å². The highest BCUT2D eigenvalue weighted by Gasteiger charge is 2.27. The summed E-state index contributed by atoms with van der Waals surface area (Å²) < 4.78 is 6.88. The van der Waals surface area contributed by atoms with Crippen LogP contribution in [0.3, 0.4) is 0 Å². The maximum absolute atomic E-state index is 12.5. The first-order valence-electron chi connectivity index (χ1n) is 10.3. The number of carbonyl (C=O) groups excluding carboxylic acids is 1. The van der Waals surface area contributed by atoms with Gasteiger partial charge in [-0.2, -0.15) is 0 Å². The van der Waals surface area contributed by atoms with Gasteiger partial charge in [-0.05, 0) is 82.6 Å². The van der Waals surface area contributed by atoms with E-state index in [1.54, 1.807) is 12.1 Å². The first-order valence-corrected chi connectivity index (χ1v) is 13.0. The number of carbonyl (C=O) groups is 1. The van der Waals surface area contributed by atoms with Crippen LogP contribution in [-0.4, -0.2) is 11.4 Å². The lowest BCUT2D eigenvalue weighted by atomic mass is 10.1. The Labute approximate surface area is 221 Å². The van der Waals surface area contributed by atoms with Crippen molar-refractivity contribution in [2.24, 2.45) is 0 Å². The molecule has 0 saturated carbocycles. The van der Waals surface area contributed by atoms with E-state index >= 15 is 0 Å². The Balaban J connectivity index is 1.39. The van der Waals surface area contributed by atoms with Crippen LogP contribution in [0.25, 0.3) is 6.08 Å². The number of amides is 1. The number of nitrogens with one attached hydrogen (secondary N) is 2. The number of aryl methyl sites for hydroxylation is 1. The molecule has 1 fully saturated rings. The summed E-state index contributed by atoms with van der Waals surface area (Å²) in [6.45, 7) is 2.47. The fourth-order valence-corrected chi connectivity index (χ4v) is 5.37. The fourth-order valence-electron chi connectivity index (χ4n) is 3.22. The van der Waals surface area contributed by atoms with E-state index < -0.39 is 0 Å². The van der Waals surface area contributed by atoms with Crippen molar-refractivity contribution in [3.05, 3.63) is 95.9 Å². The fraction of sp³-hybridized carbons (Fsp3) is 0.160. The second kappa shape index (κ2) is 11.0. The van der Waals surface area contributed by atoms with Crippen molar-refractivity contribution < 1.29 is 9.53 Å². The van der Waals surface area contributed by atoms with Crippen molar-refractivity contribution in [1.29, 1.82) is 0 Å². The van der Waals surface area contributed by atoms with Crippen LogP contribution in [-0.2, 0) is 17.8 Å². The predicted octanol–water partition coefficient (Wildman–Crippen LogP) is 7.34. The van der Waals surface area contributed by atoms with E-state index in [-0.39, 0.29) is 11.4 Å². The highest BCUT2D eigenvalue weighted by atomic mass is 127. The molecule has 0 bridgehead atoms. The monoisotopic (exact) mass is 610 g/mol. The molecule has 33 heavy (non-hydrogen) atoms.